The second-order valence-electron chi connectivity index (χ2n) is 6.18. The van der Waals surface area contributed by atoms with Crippen LogP contribution >= 0.6 is 11.3 Å². The molecule has 0 saturated carbocycles. The fourth-order valence-corrected chi connectivity index (χ4v) is 3.48. The van der Waals surface area contributed by atoms with Crippen molar-refractivity contribution in [2.75, 3.05) is 38.7 Å². The molecule has 3 aromatic rings. The van der Waals surface area contributed by atoms with E-state index in [-0.39, 0.29) is 18.0 Å². The lowest BCUT2D eigenvalue weighted by Crippen LogP contribution is -2.39. The molecule has 0 atom stereocenters. The van der Waals surface area contributed by atoms with E-state index in [1.807, 2.05) is 37.2 Å². The van der Waals surface area contributed by atoms with Crippen LogP contribution in [0.5, 0.6) is 5.75 Å². The van der Waals surface area contributed by atoms with Gasteiger partial charge in [0.25, 0.3) is 5.91 Å². The van der Waals surface area contributed by atoms with Gasteiger partial charge in [-0.3, -0.25) is 9.69 Å². The molecule has 0 unspecified atom stereocenters. The summed E-state index contributed by atoms with van der Waals surface area (Å²) in [6.07, 6.45) is 0. The van der Waals surface area contributed by atoms with E-state index in [9.17, 15) is 13.6 Å². The summed E-state index contributed by atoms with van der Waals surface area (Å²) >= 11 is 1.08. The molecule has 2 aromatic carbocycles. The number of thiazole rings is 1. The average molecular weight is 391 g/mol. The number of likely N-dealkylation sites (N-methyl/N-ethyl adjacent to an activating group) is 1. The largest absolute Gasteiger partial charge is 0.484 e. The minimum Gasteiger partial charge on any atom is -0.484 e. The number of anilines is 1. The first-order valence-corrected chi connectivity index (χ1v) is 9.14. The highest BCUT2D eigenvalue weighted by atomic mass is 32.1. The molecule has 0 radical (unpaired) electrons. The molecule has 8 heteroatoms. The number of nitrogens with zero attached hydrogens (tertiary/aromatic N) is 3. The number of amides is 1. The summed E-state index contributed by atoms with van der Waals surface area (Å²) in [5, 5.41) is 0.318. The molecule has 0 aliphatic carbocycles. The Balaban J connectivity index is 1.84. The van der Waals surface area contributed by atoms with Gasteiger partial charge in [-0.05, 0) is 32.3 Å². The van der Waals surface area contributed by atoms with Crippen LogP contribution < -0.4 is 9.64 Å². The maximum absolute atomic E-state index is 14.0. The summed E-state index contributed by atoms with van der Waals surface area (Å²) in [6.45, 7) is 0.766. The quantitative estimate of drug-likeness (QED) is 0.618. The number of halogens is 2. The van der Waals surface area contributed by atoms with Crippen LogP contribution in [0.15, 0.2) is 42.5 Å². The Bertz CT molecular complexity index is 931. The lowest BCUT2D eigenvalue weighted by Gasteiger charge is -2.22. The molecule has 0 spiro atoms. The number of carbonyl (C=O) groups is 1. The Labute approximate surface area is 159 Å². The predicted octanol–water partition coefficient (Wildman–Crippen LogP) is 3.55. The Hall–Kier alpha value is -2.58. The summed E-state index contributed by atoms with van der Waals surface area (Å²) < 4.78 is 33.3. The first kappa shape index (κ1) is 19.2. The van der Waals surface area contributed by atoms with Crippen LogP contribution in [0.3, 0.4) is 0 Å². The molecule has 0 aliphatic rings. The third kappa shape index (κ3) is 4.78. The van der Waals surface area contributed by atoms with Gasteiger partial charge in [0.15, 0.2) is 17.6 Å². The summed E-state index contributed by atoms with van der Waals surface area (Å²) in [5.74, 6) is -1.14. The monoisotopic (exact) mass is 391 g/mol. The van der Waals surface area contributed by atoms with Gasteiger partial charge in [-0.25, -0.2) is 13.8 Å². The van der Waals surface area contributed by atoms with Crippen molar-refractivity contribution in [3.63, 3.8) is 0 Å². The van der Waals surface area contributed by atoms with Crippen molar-refractivity contribution in [3.05, 3.63) is 54.1 Å². The zero-order chi connectivity index (χ0) is 19.4. The standard InChI is InChI=1S/C19H19F2N3O2S/c1-23(2)8-9-24(17(25)12-26-14-6-4-3-5-7-14)19-22-18-15(21)10-13(20)11-16(18)27-19/h3-7,10-11H,8-9,12H2,1-2H3. The Kier molecular flexibility index (Phi) is 5.98. The van der Waals surface area contributed by atoms with Gasteiger partial charge in [0.05, 0.1) is 4.70 Å². The number of aromatic nitrogens is 1. The molecule has 27 heavy (non-hydrogen) atoms. The van der Waals surface area contributed by atoms with Crippen molar-refractivity contribution in [3.8, 4) is 5.75 Å². The van der Waals surface area contributed by atoms with Crippen molar-refractivity contribution in [2.24, 2.45) is 0 Å². The number of benzene rings is 2. The number of carbonyl (C=O) groups excluding carboxylic acids is 1. The van der Waals surface area contributed by atoms with E-state index in [0.29, 0.717) is 28.7 Å². The lowest BCUT2D eigenvalue weighted by molar-refractivity contribution is -0.120. The molecule has 1 amide bonds. The average Bonchev–Trinajstić information content (AvgIpc) is 3.04. The topological polar surface area (TPSA) is 45.7 Å². The fourth-order valence-electron chi connectivity index (χ4n) is 2.43. The molecule has 3 rings (SSSR count). The third-order valence-corrected chi connectivity index (χ3v) is 4.84. The van der Waals surface area contributed by atoms with E-state index < -0.39 is 11.6 Å². The molecule has 0 saturated heterocycles. The van der Waals surface area contributed by atoms with Gasteiger partial charge in [0.1, 0.15) is 17.1 Å². The smallest absolute Gasteiger partial charge is 0.266 e. The predicted molar refractivity (Wildman–Crippen MR) is 102 cm³/mol. The van der Waals surface area contributed by atoms with Gasteiger partial charge in [-0.2, -0.15) is 0 Å². The Morgan fingerprint density at radius 3 is 2.59 bits per heavy atom. The molecular formula is C19H19F2N3O2S. The van der Waals surface area contributed by atoms with Gasteiger partial charge < -0.3 is 9.64 Å². The highest BCUT2D eigenvalue weighted by Crippen LogP contribution is 2.31. The molecule has 0 N–H and O–H groups in total. The maximum Gasteiger partial charge on any atom is 0.266 e. The zero-order valence-electron chi connectivity index (χ0n) is 15.0. The van der Waals surface area contributed by atoms with Crippen LogP contribution in [0.4, 0.5) is 13.9 Å². The molecular weight excluding hydrogens is 372 g/mol. The second kappa shape index (κ2) is 8.41. The van der Waals surface area contributed by atoms with E-state index in [0.717, 1.165) is 17.4 Å². The lowest BCUT2D eigenvalue weighted by atomic mass is 10.3. The molecule has 0 bridgehead atoms. The summed E-state index contributed by atoms with van der Waals surface area (Å²) in [4.78, 5) is 20.3. The van der Waals surface area contributed by atoms with Crippen LogP contribution in [0, 0.1) is 11.6 Å². The third-order valence-electron chi connectivity index (χ3n) is 3.81. The van der Waals surface area contributed by atoms with Gasteiger partial charge in [0.2, 0.25) is 0 Å². The minimum atomic E-state index is -0.743. The van der Waals surface area contributed by atoms with Crippen molar-refractivity contribution in [2.45, 2.75) is 0 Å². The first-order valence-electron chi connectivity index (χ1n) is 8.32. The highest BCUT2D eigenvalue weighted by molar-refractivity contribution is 7.22. The van der Waals surface area contributed by atoms with Gasteiger partial charge >= 0.3 is 0 Å². The van der Waals surface area contributed by atoms with Crippen molar-refractivity contribution in [1.82, 2.24) is 9.88 Å². The molecule has 0 aliphatic heterocycles. The van der Waals surface area contributed by atoms with E-state index in [1.54, 1.807) is 12.1 Å². The van der Waals surface area contributed by atoms with Gasteiger partial charge in [-0.1, -0.05) is 29.5 Å². The minimum absolute atomic E-state index is 0.0584. The van der Waals surface area contributed by atoms with Gasteiger partial charge in [0, 0.05) is 19.2 Å². The number of hydrogen-bond acceptors (Lipinski definition) is 5. The second-order valence-corrected chi connectivity index (χ2v) is 7.19. The van der Waals surface area contributed by atoms with Crippen LogP contribution in [0.1, 0.15) is 0 Å². The summed E-state index contributed by atoms with van der Waals surface area (Å²) in [5.41, 5.74) is 0.0584. The van der Waals surface area contributed by atoms with Crippen molar-refractivity contribution >= 4 is 32.6 Å². The van der Waals surface area contributed by atoms with Crippen LogP contribution in [0.25, 0.3) is 10.2 Å². The van der Waals surface area contributed by atoms with E-state index in [4.69, 9.17) is 4.74 Å². The number of para-hydroxylation sites is 1. The van der Waals surface area contributed by atoms with E-state index >= 15 is 0 Å². The first-order chi connectivity index (χ1) is 12.9. The Morgan fingerprint density at radius 2 is 1.89 bits per heavy atom. The molecule has 142 valence electrons. The molecule has 5 nitrogen and oxygen atoms in total. The molecule has 1 heterocycles. The fraction of sp³-hybridized carbons (Fsp3) is 0.263. The summed E-state index contributed by atoms with van der Waals surface area (Å²) in [7, 11) is 3.77. The van der Waals surface area contributed by atoms with E-state index in [2.05, 4.69) is 4.98 Å². The van der Waals surface area contributed by atoms with E-state index in [1.165, 1.54) is 11.0 Å². The molecule has 1 aromatic heterocycles. The normalized spacial score (nSPS) is 11.1. The van der Waals surface area contributed by atoms with Crippen molar-refractivity contribution < 1.29 is 18.3 Å². The number of ether oxygens (including phenoxy) is 1. The number of fused-ring (bicyclic) bond motifs is 1. The SMILES string of the molecule is CN(C)CCN(C(=O)COc1ccccc1)c1nc2c(F)cc(F)cc2s1. The number of rotatable bonds is 7. The molecule has 0 fully saturated rings. The summed E-state index contributed by atoms with van der Waals surface area (Å²) in [6, 6.07) is 11.0. The Morgan fingerprint density at radius 1 is 1.15 bits per heavy atom. The van der Waals surface area contributed by atoms with Crippen LogP contribution in [0.2, 0.25) is 0 Å². The maximum atomic E-state index is 14.0. The van der Waals surface area contributed by atoms with Gasteiger partial charge in [-0.15, -0.1) is 0 Å². The van der Waals surface area contributed by atoms with Crippen LogP contribution in [-0.2, 0) is 4.79 Å². The highest BCUT2D eigenvalue weighted by Gasteiger charge is 2.22. The zero-order valence-corrected chi connectivity index (χ0v) is 15.8. The van der Waals surface area contributed by atoms with Crippen molar-refractivity contribution in [1.29, 1.82) is 0 Å². The number of hydrogen-bond donors (Lipinski definition) is 0. The van der Waals surface area contributed by atoms with Crippen LogP contribution in [-0.4, -0.2) is 49.6 Å².